The third-order valence-electron chi connectivity index (χ3n) is 1.36. The van der Waals surface area contributed by atoms with Gasteiger partial charge < -0.3 is 10.2 Å². The molecule has 0 saturated heterocycles. The minimum atomic E-state index is -0.673. The van der Waals surface area contributed by atoms with E-state index in [-0.39, 0.29) is 44.0 Å². The second kappa shape index (κ2) is 4.44. The maximum atomic E-state index is 10.2. The Bertz CT molecular complexity index is 316. The third kappa shape index (κ3) is 2.57. The van der Waals surface area contributed by atoms with Gasteiger partial charge in [-0.25, -0.2) is 0 Å². The molecule has 6 heteroatoms. The van der Waals surface area contributed by atoms with Crippen LogP contribution in [0.4, 0.5) is 5.69 Å². The van der Waals surface area contributed by atoms with Crippen molar-refractivity contribution in [3.63, 3.8) is 0 Å². The van der Waals surface area contributed by atoms with E-state index in [1.54, 1.807) is 0 Å². The number of phenols is 2. The average Bonchev–Trinajstić information content (AvgIpc) is 1.99. The number of phenolic OH excluding ortho intramolecular Hbond substituents is 2. The summed E-state index contributed by atoms with van der Waals surface area (Å²) >= 11 is 0. The van der Waals surface area contributed by atoms with Crippen molar-refractivity contribution in [3.8, 4) is 11.5 Å². The van der Waals surface area contributed by atoms with Gasteiger partial charge in [-0.3, -0.25) is 10.1 Å². The van der Waals surface area contributed by atoms with Gasteiger partial charge in [-0.1, -0.05) is 6.07 Å². The van der Waals surface area contributed by atoms with E-state index in [9.17, 15) is 10.1 Å². The minimum Gasteiger partial charge on any atom is -0.561 e. The molecule has 0 aliphatic carbocycles. The van der Waals surface area contributed by atoms with Gasteiger partial charge in [0.15, 0.2) is 0 Å². The van der Waals surface area contributed by atoms with Crippen LogP contribution >= 0.6 is 0 Å². The van der Waals surface area contributed by atoms with Gasteiger partial charge in [-0.2, -0.15) is 6.92 Å². The van der Waals surface area contributed by atoms with Crippen molar-refractivity contribution < 1.29 is 47.8 Å². The largest absolute Gasteiger partial charge is 0.561 e. The molecule has 1 aromatic carbocycles. The number of nitrogens with zero attached hydrogens (tertiary/aromatic N) is 1. The summed E-state index contributed by atoms with van der Waals surface area (Å²) in [7, 11) is 0. The Morgan fingerprint density at radius 2 is 1.92 bits per heavy atom. The van der Waals surface area contributed by atoms with Crippen molar-refractivity contribution >= 4 is 5.69 Å². The molecule has 0 unspecified atom stereocenters. The number of nitro benzene ring substituents is 1. The zero-order valence-electron chi connectivity index (χ0n) is 6.60. The molecule has 13 heavy (non-hydrogen) atoms. The van der Waals surface area contributed by atoms with Crippen LogP contribution in [-0.2, 0) is 32.7 Å². The summed E-state index contributed by atoms with van der Waals surface area (Å²) in [6.07, 6.45) is 0. The zero-order valence-corrected chi connectivity index (χ0v) is 9.44. The smallest absolute Gasteiger partial charge is 0.220 e. The van der Waals surface area contributed by atoms with E-state index in [1.165, 1.54) is 0 Å². The van der Waals surface area contributed by atoms with E-state index in [4.69, 9.17) is 10.2 Å². The van der Waals surface area contributed by atoms with Crippen LogP contribution in [0.15, 0.2) is 12.1 Å². The Morgan fingerprint density at radius 1 is 1.38 bits per heavy atom. The van der Waals surface area contributed by atoms with E-state index in [0.717, 1.165) is 12.1 Å². The van der Waals surface area contributed by atoms with Crippen molar-refractivity contribution in [1.82, 2.24) is 0 Å². The number of aromatic hydroxyl groups is 2. The number of non-ortho nitro benzene ring substituents is 1. The van der Waals surface area contributed by atoms with Crippen molar-refractivity contribution in [2.24, 2.45) is 0 Å². The van der Waals surface area contributed by atoms with Crippen LogP contribution < -0.4 is 0 Å². The van der Waals surface area contributed by atoms with Gasteiger partial charge >= 0.3 is 0 Å². The third-order valence-corrected chi connectivity index (χ3v) is 1.36. The molecule has 0 aliphatic heterocycles. The molecule has 1 radical (unpaired) electrons. The number of hydrogen-bond donors (Lipinski definition) is 2. The number of nitro groups is 1. The topological polar surface area (TPSA) is 83.6 Å². The standard InChI is InChI=1S/C7H6NO4.Y/c1-4-2-5(8(11)12)3-6(9)7(4)10;/h2-3,9-10H,1H2;/q-1;. The fraction of sp³-hybridized carbons (Fsp3) is 0. The van der Waals surface area contributed by atoms with Gasteiger partial charge in [0, 0.05) is 43.7 Å². The van der Waals surface area contributed by atoms with Crippen LogP contribution in [-0.4, -0.2) is 15.1 Å². The van der Waals surface area contributed by atoms with Gasteiger partial charge in [-0.15, -0.1) is 5.56 Å². The molecule has 2 N–H and O–H groups in total. The molecular formula is C7H6NO4Y-. The maximum absolute atomic E-state index is 10.2. The average molecular weight is 257 g/mol. The molecule has 1 rings (SSSR count). The normalized spacial score (nSPS) is 8.92. The molecular weight excluding hydrogens is 251 g/mol. The van der Waals surface area contributed by atoms with Crippen LogP contribution in [0.5, 0.6) is 11.5 Å². The maximum Gasteiger partial charge on any atom is 0.220 e. The van der Waals surface area contributed by atoms with E-state index in [2.05, 4.69) is 6.92 Å². The first-order chi connectivity index (χ1) is 5.52. The Labute approximate surface area is 99.4 Å². The predicted octanol–water partition coefficient (Wildman–Crippen LogP) is 1.19. The fourth-order valence-corrected chi connectivity index (χ4v) is 0.767. The summed E-state index contributed by atoms with van der Waals surface area (Å²) in [5.41, 5.74) is -0.267. The van der Waals surface area contributed by atoms with Gasteiger partial charge in [0.25, 0.3) is 0 Å². The van der Waals surface area contributed by atoms with Crippen molar-refractivity contribution in [1.29, 1.82) is 0 Å². The molecule has 0 heterocycles. The van der Waals surface area contributed by atoms with Crippen LogP contribution in [0, 0.1) is 17.0 Å². The van der Waals surface area contributed by atoms with Crippen LogP contribution in [0.2, 0.25) is 0 Å². The SMILES string of the molecule is [CH2-]c1cc([N+](=O)[O-])cc(O)c1O.[Y]. The molecule has 1 aromatic rings. The van der Waals surface area contributed by atoms with Crippen molar-refractivity contribution in [3.05, 3.63) is 34.7 Å². The van der Waals surface area contributed by atoms with Gasteiger partial charge in [-0.05, 0) is 0 Å². The van der Waals surface area contributed by atoms with Crippen molar-refractivity contribution in [2.45, 2.75) is 0 Å². The molecule has 0 amide bonds. The van der Waals surface area contributed by atoms with E-state index in [0.29, 0.717) is 0 Å². The molecule has 0 aliphatic rings. The summed E-state index contributed by atoms with van der Waals surface area (Å²) in [5, 5.41) is 28.1. The molecule has 0 aromatic heterocycles. The number of benzene rings is 1. The number of rotatable bonds is 1. The van der Waals surface area contributed by atoms with Crippen LogP contribution in [0.1, 0.15) is 5.56 Å². The fourth-order valence-electron chi connectivity index (χ4n) is 0.767. The first-order valence-electron chi connectivity index (χ1n) is 3.04. The quantitative estimate of drug-likeness (QED) is 0.342. The molecule has 0 saturated carbocycles. The Kier molecular flexibility index (Phi) is 4.16. The predicted molar refractivity (Wildman–Crippen MR) is 40.9 cm³/mol. The Balaban J connectivity index is 0.00000144. The summed E-state index contributed by atoms with van der Waals surface area (Å²) in [5.74, 6) is -0.963. The first-order valence-corrected chi connectivity index (χ1v) is 3.04. The van der Waals surface area contributed by atoms with E-state index in [1.807, 2.05) is 0 Å². The van der Waals surface area contributed by atoms with Crippen LogP contribution in [0.3, 0.4) is 0 Å². The second-order valence-electron chi connectivity index (χ2n) is 2.23. The van der Waals surface area contributed by atoms with Crippen molar-refractivity contribution in [2.75, 3.05) is 0 Å². The minimum absolute atomic E-state index is 0. The zero-order chi connectivity index (χ0) is 9.30. The monoisotopic (exact) mass is 257 g/mol. The van der Waals surface area contributed by atoms with E-state index >= 15 is 0 Å². The van der Waals surface area contributed by atoms with Gasteiger partial charge in [0.2, 0.25) is 5.69 Å². The molecule has 0 spiro atoms. The molecule has 0 atom stereocenters. The number of hydrogen-bond acceptors (Lipinski definition) is 4. The second-order valence-corrected chi connectivity index (χ2v) is 2.23. The molecule has 0 fully saturated rings. The van der Waals surface area contributed by atoms with Gasteiger partial charge in [0.1, 0.15) is 5.75 Å². The summed E-state index contributed by atoms with van der Waals surface area (Å²) in [6, 6.07) is 1.94. The van der Waals surface area contributed by atoms with Gasteiger partial charge in [0.05, 0.1) is 5.75 Å². The Hall–Kier alpha value is -0.806. The summed E-state index contributed by atoms with van der Waals surface area (Å²) in [6.45, 7) is 3.31. The van der Waals surface area contributed by atoms with Crippen LogP contribution in [0.25, 0.3) is 0 Å². The summed E-state index contributed by atoms with van der Waals surface area (Å²) < 4.78 is 0. The van der Waals surface area contributed by atoms with E-state index < -0.39 is 16.4 Å². The summed E-state index contributed by atoms with van der Waals surface area (Å²) in [4.78, 5) is 9.53. The first kappa shape index (κ1) is 12.2. The molecule has 67 valence electrons. The molecule has 0 bridgehead atoms. The Morgan fingerprint density at radius 3 is 2.31 bits per heavy atom. The molecule has 5 nitrogen and oxygen atoms in total.